The summed E-state index contributed by atoms with van der Waals surface area (Å²) in [5, 5.41) is 2.88. The summed E-state index contributed by atoms with van der Waals surface area (Å²) < 4.78 is 11.1. The highest BCUT2D eigenvalue weighted by molar-refractivity contribution is 5.89. The van der Waals surface area contributed by atoms with Crippen LogP contribution < -0.4 is 5.32 Å². The van der Waals surface area contributed by atoms with Crippen molar-refractivity contribution in [2.45, 2.75) is 19.1 Å². The highest BCUT2D eigenvalue weighted by Crippen LogP contribution is 2.26. The Morgan fingerprint density at radius 1 is 1.20 bits per heavy atom. The summed E-state index contributed by atoms with van der Waals surface area (Å²) in [4.78, 5) is 17.9. The van der Waals surface area contributed by atoms with E-state index >= 15 is 0 Å². The van der Waals surface area contributed by atoms with Gasteiger partial charge in [-0.1, -0.05) is 0 Å². The molecule has 6 heteroatoms. The molecule has 0 bridgehead atoms. The maximum atomic E-state index is 12.1. The van der Waals surface area contributed by atoms with Crippen LogP contribution in [0.15, 0.2) is 24.5 Å². The van der Waals surface area contributed by atoms with E-state index in [2.05, 4.69) is 10.3 Å². The van der Waals surface area contributed by atoms with Gasteiger partial charge in [-0.2, -0.15) is 0 Å². The van der Waals surface area contributed by atoms with E-state index in [1.54, 1.807) is 24.5 Å². The van der Waals surface area contributed by atoms with Crippen molar-refractivity contribution in [1.29, 1.82) is 0 Å². The zero-order valence-electron chi connectivity index (χ0n) is 11.3. The van der Waals surface area contributed by atoms with Gasteiger partial charge in [0, 0.05) is 37.1 Å². The van der Waals surface area contributed by atoms with Gasteiger partial charge in [0.05, 0.1) is 13.2 Å². The number of piperidine rings is 1. The summed E-state index contributed by atoms with van der Waals surface area (Å²) in [5.74, 6) is 0.405. The average Bonchev–Trinajstić information content (AvgIpc) is 3.03. The minimum atomic E-state index is -0.0691. The second-order valence-corrected chi connectivity index (χ2v) is 5.10. The molecule has 108 valence electrons. The third kappa shape index (κ3) is 3.08. The number of carbonyl (C=O) groups excluding carboxylic acids is 1. The molecule has 1 aromatic heterocycles. The Labute approximate surface area is 118 Å². The summed E-state index contributed by atoms with van der Waals surface area (Å²) in [6.45, 7) is 2.86. The zero-order chi connectivity index (χ0) is 13.8. The number of likely N-dealkylation sites (tertiary alicyclic amines) is 1. The summed E-state index contributed by atoms with van der Waals surface area (Å²) in [6.07, 6.45) is 5.11. The number of urea groups is 1. The topological polar surface area (TPSA) is 63.7 Å². The Morgan fingerprint density at radius 2 is 1.85 bits per heavy atom. The van der Waals surface area contributed by atoms with Crippen molar-refractivity contribution in [3.05, 3.63) is 24.5 Å². The predicted octanol–water partition coefficient (Wildman–Crippen LogP) is 1.70. The van der Waals surface area contributed by atoms with Crippen molar-refractivity contribution in [3.63, 3.8) is 0 Å². The number of aromatic nitrogens is 1. The van der Waals surface area contributed by atoms with Crippen molar-refractivity contribution in [2.75, 3.05) is 31.6 Å². The monoisotopic (exact) mass is 277 g/mol. The molecule has 0 spiro atoms. The van der Waals surface area contributed by atoms with Crippen LogP contribution >= 0.6 is 0 Å². The number of nitrogens with zero attached hydrogens (tertiary/aromatic N) is 2. The smallest absolute Gasteiger partial charge is 0.321 e. The molecule has 0 aromatic carbocycles. The van der Waals surface area contributed by atoms with Crippen LogP contribution in [-0.4, -0.2) is 48.5 Å². The van der Waals surface area contributed by atoms with Gasteiger partial charge in [-0.25, -0.2) is 4.79 Å². The molecule has 20 heavy (non-hydrogen) atoms. The van der Waals surface area contributed by atoms with Crippen LogP contribution in [0.5, 0.6) is 0 Å². The molecule has 0 unspecified atom stereocenters. The molecule has 0 atom stereocenters. The van der Waals surface area contributed by atoms with Crippen molar-refractivity contribution >= 4 is 11.7 Å². The van der Waals surface area contributed by atoms with Crippen LogP contribution in [0.25, 0.3) is 0 Å². The van der Waals surface area contributed by atoms with Gasteiger partial charge in [-0.05, 0) is 25.0 Å². The van der Waals surface area contributed by atoms with E-state index in [0.717, 1.165) is 31.6 Å². The Kier molecular flexibility index (Phi) is 4.13. The second-order valence-electron chi connectivity index (χ2n) is 5.10. The van der Waals surface area contributed by atoms with Crippen LogP contribution in [0.3, 0.4) is 0 Å². The molecule has 3 rings (SSSR count). The highest BCUT2D eigenvalue weighted by atomic mass is 16.7. The summed E-state index contributed by atoms with van der Waals surface area (Å²) in [5.41, 5.74) is 0.773. The summed E-state index contributed by atoms with van der Waals surface area (Å²) in [6, 6.07) is 3.51. The maximum absolute atomic E-state index is 12.1. The molecule has 2 saturated heterocycles. The van der Waals surface area contributed by atoms with Gasteiger partial charge in [0.15, 0.2) is 6.29 Å². The van der Waals surface area contributed by atoms with Gasteiger partial charge in [-0.15, -0.1) is 0 Å². The molecule has 6 nitrogen and oxygen atoms in total. The number of hydrogen-bond acceptors (Lipinski definition) is 4. The van der Waals surface area contributed by atoms with E-state index in [1.165, 1.54) is 0 Å². The van der Waals surface area contributed by atoms with E-state index in [1.807, 2.05) is 4.90 Å². The first kappa shape index (κ1) is 13.3. The predicted molar refractivity (Wildman–Crippen MR) is 73.2 cm³/mol. The normalized spacial score (nSPS) is 21.1. The quantitative estimate of drug-likeness (QED) is 0.893. The molecule has 2 aliphatic heterocycles. The van der Waals surface area contributed by atoms with E-state index in [-0.39, 0.29) is 12.3 Å². The van der Waals surface area contributed by atoms with Crippen LogP contribution in [0.1, 0.15) is 12.8 Å². The Hall–Kier alpha value is -1.66. The van der Waals surface area contributed by atoms with Crippen molar-refractivity contribution < 1.29 is 14.3 Å². The SMILES string of the molecule is O=C(Nc1ccncc1)N1CCC(C2OCCO2)CC1. The number of nitrogens with one attached hydrogen (secondary N) is 1. The first-order valence-corrected chi connectivity index (χ1v) is 7.02. The van der Waals surface area contributed by atoms with Crippen LogP contribution in [0, 0.1) is 5.92 Å². The highest BCUT2D eigenvalue weighted by Gasteiger charge is 2.31. The van der Waals surface area contributed by atoms with Crippen molar-refractivity contribution in [3.8, 4) is 0 Å². The molecule has 2 aliphatic rings. The van der Waals surface area contributed by atoms with Gasteiger partial charge in [0.25, 0.3) is 0 Å². The van der Waals surface area contributed by atoms with Gasteiger partial charge in [-0.3, -0.25) is 4.98 Å². The van der Waals surface area contributed by atoms with Gasteiger partial charge >= 0.3 is 6.03 Å². The lowest BCUT2D eigenvalue weighted by Crippen LogP contribution is -2.43. The van der Waals surface area contributed by atoms with Crippen LogP contribution in [0.4, 0.5) is 10.5 Å². The molecule has 2 amide bonds. The third-order valence-electron chi connectivity index (χ3n) is 3.79. The second kappa shape index (κ2) is 6.19. The lowest BCUT2D eigenvalue weighted by molar-refractivity contribution is -0.0950. The molecule has 3 heterocycles. The number of hydrogen-bond donors (Lipinski definition) is 1. The molecule has 0 aliphatic carbocycles. The van der Waals surface area contributed by atoms with Crippen LogP contribution in [0.2, 0.25) is 0 Å². The first-order chi connectivity index (χ1) is 9.83. The largest absolute Gasteiger partial charge is 0.350 e. The van der Waals surface area contributed by atoms with Crippen molar-refractivity contribution in [1.82, 2.24) is 9.88 Å². The number of anilines is 1. The maximum Gasteiger partial charge on any atom is 0.321 e. The minimum absolute atomic E-state index is 0.0529. The van der Waals surface area contributed by atoms with E-state index in [0.29, 0.717) is 19.1 Å². The van der Waals surface area contributed by atoms with Gasteiger partial charge < -0.3 is 19.7 Å². The van der Waals surface area contributed by atoms with E-state index < -0.39 is 0 Å². The lowest BCUT2D eigenvalue weighted by atomic mass is 9.96. The Bertz CT molecular complexity index is 440. The number of pyridine rings is 1. The Morgan fingerprint density at radius 3 is 2.50 bits per heavy atom. The van der Waals surface area contributed by atoms with E-state index in [9.17, 15) is 4.79 Å². The summed E-state index contributed by atoms with van der Waals surface area (Å²) >= 11 is 0. The Balaban J connectivity index is 1.49. The number of ether oxygens (including phenoxy) is 2. The number of carbonyl (C=O) groups is 1. The summed E-state index contributed by atoms with van der Waals surface area (Å²) in [7, 11) is 0. The van der Waals surface area contributed by atoms with Crippen LogP contribution in [-0.2, 0) is 9.47 Å². The molecule has 0 radical (unpaired) electrons. The van der Waals surface area contributed by atoms with Gasteiger partial charge in [0.2, 0.25) is 0 Å². The fraction of sp³-hybridized carbons (Fsp3) is 0.571. The molecule has 1 N–H and O–H groups in total. The molecule has 1 aromatic rings. The molecule has 2 fully saturated rings. The molecule has 0 saturated carbocycles. The zero-order valence-corrected chi connectivity index (χ0v) is 11.3. The van der Waals surface area contributed by atoms with Gasteiger partial charge in [0.1, 0.15) is 0 Å². The van der Waals surface area contributed by atoms with E-state index in [4.69, 9.17) is 9.47 Å². The standard InChI is InChI=1S/C14H19N3O3/c18-14(16-12-1-5-15-6-2-12)17-7-3-11(4-8-17)13-19-9-10-20-13/h1-2,5-6,11,13H,3-4,7-10H2,(H,15,16,18). The third-order valence-corrected chi connectivity index (χ3v) is 3.79. The minimum Gasteiger partial charge on any atom is -0.350 e. The average molecular weight is 277 g/mol. The number of rotatable bonds is 2. The number of amides is 2. The fourth-order valence-electron chi connectivity index (χ4n) is 2.66. The molecular formula is C14H19N3O3. The van der Waals surface area contributed by atoms with Crippen molar-refractivity contribution in [2.24, 2.45) is 5.92 Å². The first-order valence-electron chi connectivity index (χ1n) is 7.02. The molecular weight excluding hydrogens is 258 g/mol. The lowest BCUT2D eigenvalue weighted by Gasteiger charge is -2.33. The fourth-order valence-corrected chi connectivity index (χ4v) is 2.66.